The SMILES string of the molecule is CC(=O)c1cccc(NC(=O)[C@H](C)SCC(=O)Nc2ccc(C)cc2)c1. The van der Waals surface area contributed by atoms with Gasteiger partial charge < -0.3 is 10.6 Å². The molecular weight excluding hydrogens is 348 g/mol. The number of carbonyl (C=O) groups is 3. The summed E-state index contributed by atoms with van der Waals surface area (Å²) in [6.07, 6.45) is 0. The Morgan fingerprint density at radius 1 is 1.00 bits per heavy atom. The number of hydrogen-bond donors (Lipinski definition) is 2. The third-order valence-electron chi connectivity index (χ3n) is 3.71. The zero-order valence-corrected chi connectivity index (χ0v) is 15.9. The van der Waals surface area contributed by atoms with Gasteiger partial charge in [-0.3, -0.25) is 14.4 Å². The molecule has 0 saturated carbocycles. The molecule has 1 atom stereocenters. The number of amides is 2. The number of thioether (sulfide) groups is 1. The quantitative estimate of drug-likeness (QED) is 0.725. The largest absolute Gasteiger partial charge is 0.325 e. The van der Waals surface area contributed by atoms with Crippen LogP contribution in [0.5, 0.6) is 0 Å². The number of Topliss-reactive ketones (excluding diaryl/α,β-unsaturated/α-hetero) is 1. The summed E-state index contributed by atoms with van der Waals surface area (Å²) >= 11 is 1.25. The molecule has 0 fully saturated rings. The molecule has 0 saturated heterocycles. The maximum absolute atomic E-state index is 12.3. The van der Waals surface area contributed by atoms with Crippen LogP contribution >= 0.6 is 11.8 Å². The molecule has 0 aromatic heterocycles. The summed E-state index contributed by atoms with van der Waals surface area (Å²) in [6, 6.07) is 14.3. The summed E-state index contributed by atoms with van der Waals surface area (Å²) in [6.45, 7) is 5.20. The van der Waals surface area contributed by atoms with Crippen LogP contribution in [0, 0.1) is 6.92 Å². The second-order valence-corrected chi connectivity index (χ2v) is 7.32. The molecule has 0 aliphatic carbocycles. The second kappa shape index (κ2) is 9.20. The molecule has 0 heterocycles. The van der Waals surface area contributed by atoms with E-state index in [0.29, 0.717) is 11.3 Å². The van der Waals surface area contributed by atoms with E-state index in [2.05, 4.69) is 10.6 Å². The summed E-state index contributed by atoms with van der Waals surface area (Å²) < 4.78 is 0. The lowest BCUT2D eigenvalue weighted by atomic mass is 10.1. The maximum Gasteiger partial charge on any atom is 0.237 e. The van der Waals surface area contributed by atoms with E-state index >= 15 is 0 Å². The average Bonchev–Trinajstić information content (AvgIpc) is 2.61. The van der Waals surface area contributed by atoms with E-state index in [4.69, 9.17) is 0 Å². The zero-order chi connectivity index (χ0) is 19.1. The average molecular weight is 370 g/mol. The molecule has 0 aliphatic heterocycles. The highest BCUT2D eigenvalue weighted by molar-refractivity contribution is 8.01. The fourth-order valence-electron chi connectivity index (χ4n) is 2.17. The maximum atomic E-state index is 12.3. The molecule has 0 bridgehead atoms. The van der Waals surface area contributed by atoms with Gasteiger partial charge in [0.2, 0.25) is 11.8 Å². The smallest absolute Gasteiger partial charge is 0.237 e. The van der Waals surface area contributed by atoms with Crippen LogP contribution in [0.1, 0.15) is 29.8 Å². The van der Waals surface area contributed by atoms with E-state index in [1.165, 1.54) is 18.7 Å². The van der Waals surface area contributed by atoms with Gasteiger partial charge in [0.1, 0.15) is 0 Å². The molecule has 26 heavy (non-hydrogen) atoms. The van der Waals surface area contributed by atoms with Crippen LogP contribution in [-0.2, 0) is 9.59 Å². The van der Waals surface area contributed by atoms with Gasteiger partial charge in [-0.1, -0.05) is 29.8 Å². The van der Waals surface area contributed by atoms with Gasteiger partial charge in [0.15, 0.2) is 5.78 Å². The van der Waals surface area contributed by atoms with Crippen LogP contribution < -0.4 is 10.6 Å². The lowest BCUT2D eigenvalue weighted by molar-refractivity contribution is -0.115. The van der Waals surface area contributed by atoms with E-state index in [9.17, 15) is 14.4 Å². The summed E-state index contributed by atoms with van der Waals surface area (Å²) in [7, 11) is 0. The van der Waals surface area contributed by atoms with Gasteiger partial charge in [-0.25, -0.2) is 0 Å². The molecule has 2 rings (SSSR count). The highest BCUT2D eigenvalue weighted by Gasteiger charge is 2.16. The summed E-state index contributed by atoms with van der Waals surface area (Å²) in [5.41, 5.74) is 2.97. The minimum absolute atomic E-state index is 0.0590. The zero-order valence-electron chi connectivity index (χ0n) is 15.0. The van der Waals surface area contributed by atoms with E-state index in [1.807, 2.05) is 31.2 Å². The molecule has 2 aromatic rings. The van der Waals surface area contributed by atoms with Crippen molar-refractivity contribution in [1.82, 2.24) is 0 Å². The Balaban J connectivity index is 1.83. The van der Waals surface area contributed by atoms with Crippen LogP contribution in [0.3, 0.4) is 0 Å². The van der Waals surface area contributed by atoms with Crippen LogP contribution in [0.4, 0.5) is 11.4 Å². The predicted molar refractivity (Wildman–Crippen MR) is 107 cm³/mol. The van der Waals surface area contributed by atoms with Crippen molar-refractivity contribution < 1.29 is 14.4 Å². The Morgan fingerprint density at radius 2 is 1.69 bits per heavy atom. The molecule has 0 unspecified atom stereocenters. The standard InChI is InChI=1S/C20H22N2O3S/c1-13-7-9-17(10-8-13)21-19(24)12-26-15(3)20(25)22-18-6-4-5-16(11-18)14(2)23/h4-11,15H,12H2,1-3H3,(H,21,24)(H,22,25)/t15-/m0/s1. The highest BCUT2D eigenvalue weighted by Crippen LogP contribution is 2.17. The molecule has 2 N–H and O–H groups in total. The molecule has 0 aliphatic rings. The van der Waals surface area contributed by atoms with Gasteiger partial charge in [0.25, 0.3) is 0 Å². The molecule has 2 amide bonds. The molecule has 0 spiro atoms. The lowest BCUT2D eigenvalue weighted by Crippen LogP contribution is -2.25. The van der Waals surface area contributed by atoms with Gasteiger partial charge in [-0.2, -0.15) is 0 Å². The monoisotopic (exact) mass is 370 g/mol. The Bertz CT molecular complexity index is 803. The number of aryl methyl sites for hydroxylation is 1. The normalized spacial score (nSPS) is 11.5. The number of anilines is 2. The number of hydrogen-bond acceptors (Lipinski definition) is 4. The molecule has 0 radical (unpaired) electrons. The van der Waals surface area contributed by atoms with E-state index < -0.39 is 5.25 Å². The van der Waals surface area contributed by atoms with Crippen LogP contribution in [-0.4, -0.2) is 28.6 Å². The van der Waals surface area contributed by atoms with Crippen molar-refractivity contribution >= 4 is 40.7 Å². The van der Waals surface area contributed by atoms with Crippen LogP contribution in [0.15, 0.2) is 48.5 Å². The van der Waals surface area contributed by atoms with Gasteiger partial charge in [-0.05, 0) is 45.0 Å². The Kier molecular flexibility index (Phi) is 6.97. The van der Waals surface area contributed by atoms with Gasteiger partial charge in [0, 0.05) is 16.9 Å². The second-order valence-electron chi connectivity index (χ2n) is 5.99. The molecular formula is C20H22N2O3S. The fourth-order valence-corrected chi connectivity index (χ4v) is 2.85. The molecule has 136 valence electrons. The minimum atomic E-state index is -0.403. The first-order valence-corrected chi connectivity index (χ1v) is 9.30. The first kappa shape index (κ1) is 19.7. The Morgan fingerprint density at radius 3 is 2.35 bits per heavy atom. The third kappa shape index (κ3) is 6.04. The predicted octanol–water partition coefficient (Wildman–Crippen LogP) is 3.90. The van der Waals surface area contributed by atoms with Crippen molar-refractivity contribution in [2.45, 2.75) is 26.0 Å². The van der Waals surface area contributed by atoms with Crippen molar-refractivity contribution in [1.29, 1.82) is 0 Å². The summed E-state index contributed by atoms with van der Waals surface area (Å²) in [5, 5.41) is 5.17. The molecule has 5 nitrogen and oxygen atoms in total. The Labute approximate surface area is 157 Å². The van der Waals surface area contributed by atoms with Crippen LogP contribution in [0.25, 0.3) is 0 Å². The topological polar surface area (TPSA) is 75.3 Å². The fraction of sp³-hybridized carbons (Fsp3) is 0.250. The Hall–Kier alpha value is -2.60. The summed E-state index contributed by atoms with van der Waals surface area (Å²) in [4.78, 5) is 35.7. The van der Waals surface area contributed by atoms with E-state index in [1.54, 1.807) is 31.2 Å². The van der Waals surface area contributed by atoms with Crippen LogP contribution in [0.2, 0.25) is 0 Å². The highest BCUT2D eigenvalue weighted by atomic mass is 32.2. The first-order chi connectivity index (χ1) is 12.3. The van der Waals surface area contributed by atoms with Crippen molar-refractivity contribution in [3.05, 3.63) is 59.7 Å². The van der Waals surface area contributed by atoms with Crippen molar-refractivity contribution in [3.8, 4) is 0 Å². The van der Waals surface area contributed by atoms with Gasteiger partial charge >= 0.3 is 0 Å². The van der Waals surface area contributed by atoms with E-state index in [0.717, 1.165) is 11.3 Å². The number of carbonyl (C=O) groups excluding carboxylic acids is 3. The molecule has 2 aromatic carbocycles. The third-order valence-corrected chi connectivity index (χ3v) is 4.85. The van der Waals surface area contributed by atoms with Crippen molar-refractivity contribution in [3.63, 3.8) is 0 Å². The van der Waals surface area contributed by atoms with Crippen molar-refractivity contribution in [2.24, 2.45) is 0 Å². The van der Waals surface area contributed by atoms with Crippen molar-refractivity contribution in [2.75, 3.05) is 16.4 Å². The van der Waals surface area contributed by atoms with Gasteiger partial charge in [0.05, 0.1) is 11.0 Å². The number of nitrogens with one attached hydrogen (secondary N) is 2. The summed E-state index contributed by atoms with van der Waals surface area (Å²) in [5.74, 6) is -0.247. The number of benzene rings is 2. The first-order valence-electron chi connectivity index (χ1n) is 8.25. The van der Waals surface area contributed by atoms with Gasteiger partial charge in [-0.15, -0.1) is 11.8 Å². The number of ketones is 1. The lowest BCUT2D eigenvalue weighted by Gasteiger charge is -2.12. The van der Waals surface area contributed by atoms with E-state index in [-0.39, 0.29) is 23.4 Å². The minimum Gasteiger partial charge on any atom is -0.325 e. The number of rotatable bonds is 7. The molecule has 6 heteroatoms.